The highest BCUT2D eigenvalue weighted by molar-refractivity contribution is 7.39. The van der Waals surface area contributed by atoms with Crippen LogP contribution in [-0.4, -0.2) is 17.2 Å². The molecule has 4 aliphatic carbocycles. The minimum Gasteiger partial charge on any atom is -0.386 e. The summed E-state index contributed by atoms with van der Waals surface area (Å²) in [5.41, 5.74) is 7.14. The third kappa shape index (κ3) is 4.06. The molecule has 0 aromatic heterocycles. The molecule has 4 heteroatoms. The van der Waals surface area contributed by atoms with Crippen LogP contribution in [0.5, 0.6) is 0 Å². The van der Waals surface area contributed by atoms with Gasteiger partial charge < -0.3 is 11.6 Å². The molecule has 30 heavy (non-hydrogen) atoms. The molecule has 172 valence electrons. The lowest BCUT2D eigenvalue weighted by atomic mass is 9.45. The molecule has 0 aromatic rings. The molecule has 0 saturated heterocycles. The molecule has 0 radical (unpaired) electrons. The molecule has 0 amide bonds. The molecule has 0 bridgehead atoms. The van der Waals surface area contributed by atoms with Crippen molar-refractivity contribution < 1.29 is 0 Å². The van der Waals surface area contributed by atoms with Crippen LogP contribution in [0.15, 0.2) is 5.10 Å². The van der Waals surface area contributed by atoms with Gasteiger partial charge in [-0.2, -0.15) is 5.10 Å². The summed E-state index contributed by atoms with van der Waals surface area (Å²) in [6, 6.07) is 0. The van der Waals surface area contributed by atoms with Crippen molar-refractivity contribution in [3.63, 3.8) is 0 Å². The van der Waals surface area contributed by atoms with Crippen LogP contribution in [0, 0.1) is 40.4 Å². The van der Waals surface area contributed by atoms with Crippen molar-refractivity contribution >= 4 is 14.4 Å². The maximum atomic E-state index is 5.85. The Morgan fingerprint density at radius 1 is 0.967 bits per heavy atom. The Hall–Kier alpha value is -0.300. The van der Waals surface area contributed by atoms with Crippen LogP contribution in [0.25, 0.3) is 0 Å². The maximum Gasteiger partial charge on any atom is 0.119 e. The Labute approximate surface area is 187 Å². The first kappa shape index (κ1) is 22.9. The van der Waals surface area contributed by atoms with Crippen LogP contribution in [0.2, 0.25) is 0 Å². The normalized spacial score (nSPS) is 44.7. The van der Waals surface area contributed by atoms with Gasteiger partial charge in [0.05, 0.1) is 0 Å². The second-order valence-corrected chi connectivity index (χ2v) is 14.7. The summed E-state index contributed by atoms with van der Waals surface area (Å²) in [4.78, 5) is 0. The van der Waals surface area contributed by atoms with Gasteiger partial charge in [-0.25, -0.2) is 0 Å². The Morgan fingerprint density at radius 2 is 1.73 bits per heavy atom. The zero-order valence-electron chi connectivity index (χ0n) is 20.2. The summed E-state index contributed by atoms with van der Waals surface area (Å²) in [6.07, 6.45) is 18.5. The monoisotopic (exact) mass is 433 g/mol. The van der Waals surface area contributed by atoms with Crippen molar-refractivity contribution in [3.8, 4) is 0 Å². The van der Waals surface area contributed by atoms with Crippen molar-refractivity contribution in [1.29, 1.82) is 0 Å². The fourth-order valence-corrected chi connectivity index (χ4v) is 10.5. The largest absolute Gasteiger partial charge is 0.386 e. The maximum absolute atomic E-state index is 5.85. The van der Waals surface area contributed by atoms with Gasteiger partial charge >= 0.3 is 0 Å². The minimum atomic E-state index is 0.356. The molecule has 4 fully saturated rings. The third-order valence-corrected chi connectivity index (χ3v) is 12.7. The van der Waals surface area contributed by atoms with E-state index in [9.17, 15) is 0 Å². The molecule has 8 atom stereocenters. The Kier molecular flexibility index (Phi) is 6.53. The molecule has 4 saturated carbocycles. The van der Waals surface area contributed by atoms with Crippen molar-refractivity contribution in [3.05, 3.63) is 0 Å². The highest BCUT2D eigenvalue weighted by atomic mass is 31.1. The van der Waals surface area contributed by atoms with Crippen LogP contribution in [0.1, 0.15) is 105 Å². The number of amidine groups is 1. The van der Waals surface area contributed by atoms with Gasteiger partial charge in [0.1, 0.15) is 5.84 Å². The van der Waals surface area contributed by atoms with E-state index in [0.717, 1.165) is 51.0 Å². The number of rotatable bonds is 6. The van der Waals surface area contributed by atoms with Gasteiger partial charge in [0.15, 0.2) is 0 Å². The SMILES string of the molecule is CC(C)(CC/C(N)=N/N)PCC1CCC2C3CCC4CCCCC4(C)C3CCC12C. The van der Waals surface area contributed by atoms with E-state index in [1.54, 1.807) is 6.42 Å². The van der Waals surface area contributed by atoms with Crippen LogP contribution in [-0.2, 0) is 0 Å². The molecular formula is C26H48N3P. The van der Waals surface area contributed by atoms with Gasteiger partial charge in [-0.3, -0.25) is 0 Å². The molecule has 0 aliphatic heterocycles. The zero-order valence-corrected chi connectivity index (χ0v) is 21.2. The fraction of sp³-hybridized carbons (Fsp3) is 0.962. The summed E-state index contributed by atoms with van der Waals surface area (Å²) >= 11 is 0. The standard InChI is InChI=1S/C26H48N3P/c1-24(2,15-13-23(27)29-28)30-17-19-9-11-21-20-10-8-18-7-5-6-14-25(18,3)22(20)12-16-26(19,21)4/h18-22,30H,5-17,28H2,1-4H3,(H2,27,29). The average Bonchev–Trinajstić information content (AvgIpc) is 3.06. The van der Waals surface area contributed by atoms with Gasteiger partial charge in [0, 0.05) is 6.42 Å². The minimum absolute atomic E-state index is 0.356. The molecular weight excluding hydrogens is 385 g/mol. The van der Waals surface area contributed by atoms with Crippen LogP contribution < -0.4 is 11.6 Å². The van der Waals surface area contributed by atoms with E-state index in [0.29, 0.717) is 21.8 Å². The van der Waals surface area contributed by atoms with E-state index < -0.39 is 0 Å². The predicted molar refractivity (Wildman–Crippen MR) is 132 cm³/mol. The molecule has 8 unspecified atom stereocenters. The Balaban J connectivity index is 1.40. The Bertz CT molecular complexity index is 646. The number of hydrogen-bond acceptors (Lipinski definition) is 2. The topological polar surface area (TPSA) is 64.4 Å². The van der Waals surface area contributed by atoms with E-state index in [1.807, 2.05) is 0 Å². The van der Waals surface area contributed by atoms with Crippen molar-refractivity contribution in [2.75, 3.05) is 6.16 Å². The first-order valence-electron chi connectivity index (χ1n) is 13.0. The van der Waals surface area contributed by atoms with Gasteiger partial charge in [-0.05, 0) is 110 Å². The van der Waals surface area contributed by atoms with Crippen molar-refractivity contribution in [1.82, 2.24) is 0 Å². The summed E-state index contributed by atoms with van der Waals surface area (Å²) in [7, 11) is 1.02. The van der Waals surface area contributed by atoms with Gasteiger partial charge in [-0.15, -0.1) is 8.58 Å². The van der Waals surface area contributed by atoms with Crippen molar-refractivity contribution in [2.24, 2.45) is 57.1 Å². The molecule has 4 aliphatic rings. The molecule has 4 N–H and O–H groups in total. The fourth-order valence-electron chi connectivity index (χ4n) is 8.73. The zero-order chi connectivity index (χ0) is 21.6. The van der Waals surface area contributed by atoms with E-state index >= 15 is 0 Å². The molecule has 4 rings (SSSR count). The lowest BCUT2D eigenvalue weighted by molar-refractivity contribution is -0.109. The molecule has 0 spiro atoms. The number of fused-ring (bicyclic) bond motifs is 5. The number of nitrogens with two attached hydrogens (primary N) is 2. The van der Waals surface area contributed by atoms with Crippen LogP contribution in [0.3, 0.4) is 0 Å². The number of hydrazone groups is 1. The predicted octanol–water partition coefficient (Wildman–Crippen LogP) is 6.50. The first-order valence-corrected chi connectivity index (χ1v) is 14.2. The van der Waals surface area contributed by atoms with Gasteiger partial charge in [0.2, 0.25) is 0 Å². The average molecular weight is 434 g/mol. The van der Waals surface area contributed by atoms with E-state index in [4.69, 9.17) is 11.6 Å². The molecule has 3 nitrogen and oxygen atoms in total. The summed E-state index contributed by atoms with van der Waals surface area (Å²) in [5.74, 6) is 11.0. The van der Waals surface area contributed by atoms with Crippen LogP contribution in [0.4, 0.5) is 0 Å². The second-order valence-electron chi connectivity index (χ2n) is 12.6. The van der Waals surface area contributed by atoms with E-state index in [-0.39, 0.29) is 0 Å². The smallest absolute Gasteiger partial charge is 0.119 e. The molecule has 0 heterocycles. The van der Waals surface area contributed by atoms with E-state index in [1.165, 1.54) is 63.9 Å². The number of hydrogen-bond donors (Lipinski definition) is 2. The summed E-state index contributed by atoms with van der Waals surface area (Å²) in [5, 5.41) is 4.02. The quantitative estimate of drug-likeness (QED) is 0.165. The Morgan fingerprint density at radius 3 is 2.50 bits per heavy atom. The highest BCUT2D eigenvalue weighted by Crippen LogP contribution is 2.68. The third-order valence-electron chi connectivity index (χ3n) is 10.8. The lowest BCUT2D eigenvalue weighted by Crippen LogP contribution is -2.52. The lowest BCUT2D eigenvalue weighted by Gasteiger charge is -2.60. The summed E-state index contributed by atoms with van der Waals surface area (Å²) < 4.78 is 0. The van der Waals surface area contributed by atoms with Gasteiger partial charge in [-0.1, -0.05) is 40.5 Å². The second kappa shape index (κ2) is 8.57. The summed E-state index contributed by atoms with van der Waals surface area (Å²) in [6.45, 7) is 10.3. The van der Waals surface area contributed by atoms with E-state index in [2.05, 4.69) is 32.8 Å². The van der Waals surface area contributed by atoms with Crippen LogP contribution >= 0.6 is 8.58 Å². The van der Waals surface area contributed by atoms with Crippen molar-refractivity contribution in [2.45, 2.75) is 110 Å². The number of nitrogens with zero attached hydrogens (tertiary/aromatic N) is 1. The molecule has 0 aromatic carbocycles. The highest BCUT2D eigenvalue weighted by Gasteiger charge is 2.59. The van der Waals surface area contributed by atoms with Gasteiger partial charge in [0.25, 0.3) is 0 Å². The first-order chi connectivity index (χ1) is 14.2.